The Hall–Kier alpha value is -1.75. The lowest BCUT2D eigenvalue weighted by Gasteiger charge is -2.41. The number of nitrogens with zero attached hydrogens (tertiary/aromatic N) is 4. The number of aliphatic hydroxyl groups excluding tert-OH is 1. The molecule has 3 unspecified atom stereocenters. The van der Waals surface area contributed by atoms with Gasteiger partial charge in [0.1, 0.15) is 6.33 Å². The van der Waals surface area contributed by atoms with Crippen LogP contribution in [0.15, 0.2) is 30.6 Å². The third-order valence-electron chi connectivity index (χ3n) is 3.89. The summed E-state index contributed by atoms with van der Waals surface area (Å²) in [5.74, 6) is 0.843. The number of hydrogen-bond acceptors (Lipinski definition) is 4. The van der Waals surface area contributed by atoms with Crippen molar-refractivity contribution in [3.8, 4) is 5.69 Å². The highest BCUT2D eigenvalue weighted by atomic mass is 16.3. The Bertz CT molecular complexity index is 526. The van der Waals surface area contributed by atoms with Gasteiger partial charge in [0.2, 0.25) is 0 Å². The molecule has 5 heteroatoms. The van der Waals surface area contributed by atoms with Crippen LogP contribution in [-0.4, -0.2) is 31.4 Å². The molecule has 0 amide bonds. The number of benzene rings is 1. The van der Waals surface area contributed by atoms with Crippen LogP contribution in [0, 0.1) is 5.92 Å². The van der Waals surface area contributed by atoms with Crippen LogP contribution in [0.4, 0.5) is 0 Å². The molecule has 94 valence electrons. The fourth-order valence-corrected chi connectivity index (χ4v) is 2.80. The van der Waals surface area contributed by atoms with E-state index in [2.05, 4.69) is 34.6 Å². The standard InChI is InChI=1S/C13H16N4O/c1-2-11-12(7-13(11)18)9-4-3-5-10(6-9)17-8-14-15-16-17/h3-6,8,11-13,18H,2,7H2,1H3. The van der Waals surface area contributed by atoms with Crippen LogP contribution in [0.3, 0.4) is 0 Å². The molecule has 0 aliphatic heterocycles. The van der Waals surface area contributed by atoms with Gasteiger partial charge in [-0.15, -0.1) is 5.10 Å². The molecule has 2 aromatic rings. The average Bonchev–Trinajstić information content (AvgIpc) is 2.90. The van der Waals surface area contributed by atoms with Gasteiger partial charge in [-0.05, 0) is 46.4 Å². The van der Waals surface area contributed by atoms with Gasteiger partial charge in [0.15, 0.2) is 0 Å². The van der Waals surface area contributed by atoms with E-state index in [1.54, 1.807) is 11.0 Å². The van der Waals surface area contributed by atoms with Gasteiger partial charge in [-0.2, -0.15) is 0 Å². The van der Waals surface area contributed by atoms with E-state index in [4.69, 9.17) is 0 Å². The molecule has 0 saturated heterocycles. The van der Waals surface area contributed by atoms with Crippen LogP contribution >= 0.6 is 0 Å². The fraction of sp³-hybridized carbons (Fsp3) is 0.462. The van der Waals surface area contributed by atoms with Crippen molar-refractivity contribution in [1.29, 1.82) is 0 Å². The number of aliphatic hydroxyl groups is 1. The van der Waals surface area contributed by atoms with E-state index in [9.17, 15) is 5.11 Å². The summed E-state index contributed by atoms with van der Waals surface area (Å²) in [4.78, 5) is 0. The molecular formula is C13H16N4O. The molecule has 18 heavy (non-hydrogen) atoms. The molecule has 0 spiro atoms. The monoisotopic (exact) mass is 244 g/mol. The lowest BCUT2D eigenvalue weighted by atomic mass is 9.66. The first-order chi connectivity index (χ1) is 8.79. The first kappa shape index (κ1) is 11.3. The highest BCUT2D eigenvalue weighted by Gasteiger charge is 2.39. The van der Waals surface area contributed by atoms with Crippen LogP contribution in [-0.2, 0) is 0 Å². The van der Waals surface area contributed by atoms with Crippen LogP contribution in [0.1, 0.15) is 31.2 Å². The van der Waals surface area contributed by atoms with E-state index in [-0.39, 0.29) is 6.10 Å². The SMILES string of the molecule is CCC1C(O)CC1c1cccc(-n2cnnn2)c1. The summed E-state index contributed by atoms with van der Waals surface area (Å²) in [6.45, 7) is 2.13. The predicted octanol–water partition coefficient (Wildman–Crippen LogP) is 1.54. The van der Waals surface area contributed by atoms with Gasteiger partial charge in [-0.25, -0.2) is 4.68 Å². The van der Waals surface area contributed by atoms with E-state index in [0.29, 0.717) is 11.8 Å². The van der Waals surface area contributed by atoms with Crippen molar-refractivity contribution in [2.75, 3.05) is 0 Å². The quantitative estimate of drug-likeness (QED) is 0.889. The molecule has 0 bridgehead atoms. The Morgan fingerprint density at radius 1 is 1.44 bits per heavy atom. The Kier molecular flexibility index (Phi) is 2.83. The van der Waals surface area contributed by atoms with Gasteiger partial charge < -0.3 is 5.11 Å². The highest BCUT2D eigenvalue weighted by Crippen LogP contribution is 2.44. The summed E-state index contributed by atoms with van der Waals surface area (Å²) in [6, 6.07) is 8.22. The Balaban J connectivity index is 1.88. The number of rotatable bonds is 3. The second kappa shape index (κ2) is 4.49. The number of aromatic nitrogens is 4. The van der Waals surface area contributed by atoms with Gasteiger partial charge in [0.25, 0.3) is 0 Å². The maximum Gasteiger partial charge on any atom is 0.143 e. The molecule has 3 rings (SSSR count). The van der Waals surface area contributed by atoms with Crippen LogP contribution in [0.2, 0.25) is 0 Å². The summed E-state index contributed by atoms with van der Waals surface area (Å²) in [5.41, 5.74) is 2.23. The summed E-state index contributed by atoms with van der Waals surface area (Å²) < 4.78 is 1.65. The Labute approximate surface area is 105 Å². The maximum absolute atomic E-state index is 9.76. The summed E-state index contributed by atoms with van der Waals surface area (Å²) in [7, 11) is 0. The van der Waals surface area contributed by atoms with Gasteiger partial charge in [0.05, 0.1) is 11.8 Å². The largest absolute Gasteiger partial charge is 0.393 e. The molecule has 1 aliphatic carbocycles. The van der Waals surface area contributed by atoms with Gasteiger partial charge in [0, 0.05) is 0 Å². The van der Waals surface area contributed by atoms with E-state index in [1.807, 2.05) is 12.1 Å². The minimum atomic E-state index is -0.142. The molecule has 1 saturated carbocycles. The van der Waals surface area contributed by atoms with Gasteiger partial charge in [-0.3, -0.25) is 0 Å². The fourth-order valence-electron chi connectivity index (χ4n) is 2.80. The average molecular weight is 244 g/mol. The Morgan fingerprint density at radius 3 is 3.00 bits per heavy atom. The number of tetrazole rings is 1. The minimum Gasteiger partial charge on any atom is -0.393 e. The van der Waals surface area contributed by atoms with Gasteiger partial charge >= 0.3 is 0 Å². The van der Waals surface area contributed by atoms with Gasteiger partial charge in [-0.1, -0.05) is 25.5 Å². The molecule has 3 atom stereocenters. The zero-order valence-corrected chi connectivity index (χ0v) is 10.3. The summed E-state index contributed by atoms with van der Waals surface area (Å²) >= 11 is 0. The smallest absolute Gasteiger partial charge is 0.143 e. The van der Waals surface area contributed by atoms with Crippen molar-refractivity contribution in [1.82, 2.24) is 20.2 Å². The minimum absolute atomic E-state index is 0.142. The first-order valence-electron chi connectivity index (χ1n) is 6.31. The summed E-state index contributed by atoms with van der Waals surface area (Å²) in [5, 5.41) is 20.9. The van der Waals surface area contributed by atoms with E-state index in [0.717, 1.165) is 18.5 Å². The molecule has 5 nitrogen and oxygen atoms in total. The van der Waals surface area contributed by atoms with E-state index >= 15 is 0 Å². The normalized spacial score (nSPS) is 26.9. The van der Waals surface area contributed by atoms with Crippen molar-refractivity contribution >= 4 is 0 Å². The molecule has 1 N–H and O–H groups in total. The van der Waals surface area contributed by atoms with Crippen molar-refractivity contribution in [3.63, 3.8) is 0 Å². The topological polar surface area (TPSA) is 63.8 Å². The maximum atomic E-state index is 9.76. The predicted molar refractivity (Wildman–Crippen MR) is 66.3 cm³/mol. The second-order valence-corrected chi connectivity index (χ2v) is 4.83. The van der Waals surface area contributed by atoms with Crippen LogP contribution in [0.25, 0.3) is 5.69 Å². The first-order valence-corrected chi connectivity index (χ1v) is 6.31. The third kappa shape index (κ3) is 1.80. The third-order valence-corrected chi connectivity index (χ3v) is 3.89. The van der Waals surface area contributed by atoms with Crippen LogP contribution < -0.4 is 0 Å². The summed E-state index contributed by atoms with van der Waals surface area (Å²) in [6.07, 6.45) is 3.32. The molecule has 1 aromatic heterocycles. The second-order valence-electron chi connectivity index (χ2n) is 4.83. The molecule has 0 radical (unpaired) electrons. The molecular weight excluding hydrogens is 228 g/mol. The molecule has 1 aliphatic rings. The zero-order chi connectivity index (χ0) is 12.5. The van der Waals surface area contributed by atoms with Crippen molar-refractivity contribution in [3.05, 3.63) is 36.2 Å². The Morgan fingerprint density at radius 2 is 2.33 bits per heavy atom. The number of hydrogen-bond donors (Lipinski definition) is 1. The molecule has 1 aromatic carbocycles. The lowest BCUT2D eigenvalue weighted by molar-refractivity contribution is -0.000729. The van der Waals surface area contributed by atoms with Crippen molar-refractivity contribution in [2.24, 2.45) is 5.92 Å². The molecule has 1 fully saturated rings. The van der Waals surface area contributed by atoms with E-state index in [1.165, 1.54) is 5.56 Å². The zero-order valence-electron chi connectivity index (χ0n) is 10.3. The lowest BCUT2D eigenvalue weighted by Crippen LogP contribution is -2.39. The van der Waals surface area contributed by atoms with Crippen molar-refractivity contribution in [2.45, 2.75) is 31.8 Å². The van der Waals surface area contributed by atoms with E-state index < -0.39 is 0 Å². The molecule has 1 heterocycles. The van der Waals surface area contributed by atoms with Crippen molar-refractivity contribution < 1.29 is 5.11 Å². The van der Waals surface area contributed by atoms with Crippen LogP contribution in [0.5, 0.6) is 0 Å². The highest BCUT2D eigenvalue weighted by molar-refractivity contribution is 5.37.